The third-order valence-electron chi connectivity index (χ3n) is 3.38. The largest absolute Gasteiger partial charge is 0.596 e. The molecule has 0 spiro atoms. The molecule has 0 radical (unpaired) electrons. The zero-order valence-electron chi connectivity index (χ0n) is 14.3. The van der Waals surface area contributed by atoms with E-state index in [-0.39, 0.29) is 23.7 Å². The Kier molecular flexibility index (Phi) is 7.07. The monoisotopic (exact) mass is 363 g/mol. The van der Waals surface area contributed by atoms with Crippen molar-refractivity contribution in [1.82, 2.24) is 0 Å². The number of ether oxygens (including phenoxy) is 3. The molecule has 132 valence electrons. The lowest BCUT2D eigenvalue weighted by atomic mass is 10.2. The molecule has 25 heavy (non-hydrogen) atoms. The van der Waals surface area contributed by atoms with Gasteiger partial charge in [-0.2, -0.15) is 0 Å². The van der Waals surface area contributed by atoms with Crippen LogP contribution in [-0.2, 0) is 20.4 Å². The van der Waals surface area contributed by atoms with Crippen molar-refractivity contribution in [2.75, 3.05) is 14.2 Å². The van der Waals surface area contributed by atoms with E-state index < -0.39 is 19.8 Å². The fourth-order valence-corrected chi connectivity index (χ4v) is 2.98. The molecule has 2 aromatic rings. The van der Waals surface area contributed by atoms with E-state index in [4.69, 9.17) is 18.7 Å². The van der Waals surface area contributed by atoms with E-state index in [0.717, 1.165) is 5.56 Å². The van der Waals surface area contributed by atoms with Gasteiger partial charge in [0, 0.05) is 0 Å². The van der Waals surface area contributed by atoms with Gasteiger partial charge in [-0.15, -0.1) is 4.52 Å². The summed E-state index contributed by atoms with van der Waals surface area (Å²) in [5.41, 5.74) is 0.328. The highest BCUT2D eigenvalue weighted by Crippen LogP contribution is 2.38. The van der Waals surface area contributed by atoms with Crippen molar-refractivity contribution < 1.29 is 28.1 Å². The van der Waals surface area contributed by atoms with Crippen LogP contribution in [0.4, 0.5) is 0 Å². The molecule has 6 nitrogen and oxygen atoms in total. The van der Waals surface area contributed by atoms with Crippen molar-refractivity contribution in [2.24, 2.45) is 0 Å². The van der Waals surface area contributed by atoms with Crippen LogP contribution in [0.3, 0.4) is 0 Å². The summed E-state index contributed by atoms with van der Waals surface area (Å²) < 4.78 is 33.3. The molecule has 0 N–H and O–H groups in total. The molecule has 2 unspecified atom stereocenters. The Morgan fingerprint density at radius 2 is 1.60 bits per heavy atom. The molecule has 0 aromatic heterocycles. The second kappa shape index (κ2) is 9.28. The molecular formula is C18H20O6P+. The summed E-state index contributed by atoms with van der Waals surface area (Å²) in [5, 5.41) is 0. The average Bonchev–Trinajstić information content (AvgIpc) is 2.65. The zero-order valence-corrected chi connectivity index (χ0v) is 15.2. The molecule has 0 heterocycles. The molecule has 2 rings (SSSR count). The first-order valence-electron chi connectivity index (χ1n) is 7.61. The Labute approximate surface area is 147 Å². The molecule has 0 aliphatic heterocycles. The van der Waals surface area contributed by atoms with Gasteiger partial charge >= 0.3 is 13.6 Å². The minimum atomic E-state index is -2.66. The van der Waals surface area contributed by atoms with Crippen LogP contribution in [-0.4, -0.2) is 26.0 Å². The molecule has 0 amide bonds. The number of hydrogen-bond donors (Lipinski definition) is 0. The fraction of sp³-hybridized carbons (Fsp3) is 0.278. The zero-order chi connectivity index (χ0) is 18.2. The van der Waals surface area contributed by atoms with E-state index in [1.807, 2.05) is 30.3 Å². The van der Waals surface area contributed by atoms with Gasteiger partial charge in [0.05, 0.1) is 20.8 Å². The second-order valence-corrected chi connectivity index (χ2v) is 6.20. The summed E-state index contributed by atoms with van der Waals surface area (Å²) in [7, 11) is 0.188. The van der Waals surface area contributed by atoms with Gasteiger partial charge in [-0.25, -0.2) is 4.79 Å². The van der Waals surface area contributed by atoms with Gasteiger partial charge in [-0.1, -0.05) is 36.4 Å². The molecule has 7 heteroatoms. The van der Waals surface area contributed by atoms with Gasteiger partial charge in [-0.3, -0.25) is 0 Å². The lowest BCUT2D eigenvalue weighted by Crippen LogP contribution is -2.11. The lowest BCUT2D eigenvalue weighted by molar-refractivity contribution is -0.0711. The number of carbonyl (C=O) groups is 1. The van der Waals surface area contributed by atoms with Crippen LogP contribution in [0, 0.1) is 0 Å². The second-order valence-electron chi connectivity index (χ2n) is 5.07. The van der Waals surface area contributed by atoms with Crippen molar-refractivity contribution in [3.8, 4) is 11.5 Å². The molecule has 0 fully saturated rings. The Balaban J connectivity index is 2.02. The maximum absolute atomic E-state index is 12.5. The average molecular weight is 363 g/mol. The quantitative estimate of drug-likeness (QED) is 0.492. The van der Waals surface area contributed by atoms with Gasteiger partial charge in [0.15, 0.2) is 5.56 Å². The van der Waals surface area contributed by atoms with E-state index >= 15 is 0 Å². The summed E-state index contributed by atoms with van der Waals surface area (Å²) in [6.45, 7) is 1.88. The van der Waals surface area contributed by atoms with Crippen molar-refractivity contribution in [3.63, 3.8) is 0 Å². The Bertz CT molecular complexity index is 709. The maximum atomic E-state index is 12.5. The molecule has 0 bridgehead atoms. The molecule has 2 atom stereocenters. The standard InChI is InChI=1S/C18H20O6P/c1-13(23-12-14-8-5-4-6-9-14)24-25(20)18(19)17-15(21-2)10-7-11-16(17)22-3/h4-11,13H,12H2,1-3H3/q+1. The fourth-order valence-electron chi connectivity index (χ4n) is 2.15. The first-order chi connectivity index (χ1) is 12.1. The van der Waals surface area contributed by atoms with Crippen molar-refractivity contribution in [3.05, 3.63) is 59.7 Å². The van der Waals surface area contributed by atoms with Gasteiger partial charge in [0.2, 0.25) is 6.29 Å². The highest BCUT2D eigenvalue weighted by molar-refractivity contribution is 7.60. The summed E-state index contributed by atoms with van der Waals surface area (Å²) in [6.07, 6.45) is -0.812. The van der Waals surface area contributed by atoms with Crippen molar-refractivity contribution in [2.45, 2.75) is 19.8 Å². The first-order valence-corrected chi connectivity index (χ1v) is 8.79. The van der Waals surface area contributed by atoms with E-state index in [1.54, 1.807) is 25.1 Å². The number of carbonyl (C=O) groups excluding carboxylic acids is 1. The Morgan fingerprint density at radius 3 is 2.16 bits per heavy atom. The summed E-state index contributed by atoms with van der Waals surface area (Å²) >= 11 is 0. The van der Waals surface area contributed by atoms with E-state index in [1.165, 1.54) is 14.2 Å². The SMILES string of the molecule is COc1cccc(OC)c1C(=O)[P+](=O)OC(C)OCc1ccccc1. The number of rotatable bonds is 9. The molecular weight excluding hydrogens is 343 g/mol. The smallest absolute Gasteiger partial charge is 0.496 e. The summed E-state index contributed by atoms with van der Waals surface area (Å²) in [6, 6.07) is 14.3. The van der Waals surface area contributed by atoms with Gasteiger partial charge in [-0.05, 0) is 29.2 Å². The topological polar surface area (TPSA) is 71.1 Å². The predicted octanol–water partition coefficient (Wildman–Crippen LogP) is 4.17. The minimum Gasteiger partial charge on any atom is -0.496 e. The Hall–Kier alpha value is -2.27. The first kappa shape index (κ1) is 19.1. The van der Waals surface area contributed by atoms with E-state index in [2.05, 4.69) is 0 Å². The van der Waals surface area contributed by atoms with Gasteiger partial charge < -0.3 is 14.2 Å². The molecule has 0 saturated carbocycles. The van der Waals surface area contributed by atoms with Crippen LogP contribution in [0.5, 0.6) is 11.5 Å². The minimum absolute atomic E-state index is 0.0869. The van der Waals surface area contributed by atoms with E-state index in [0.29, 0.717) is 0 Å². The summed E-state index contributed by atoms with van der Waals surface area (Å²) in [4.78, 5) is 12.5. The highest BCUT2D eigenvalue weighted by Gasteiger charge is 2.39. The molecule has 2 aromatic carbocycles. The molecule has 0 saturated heterocycles. The van der Waals surface area contributed by atoms with Crippen LogP contribution >= 0.6 is 8.03 Å². The number of benzene rings is 2. The third-order valence-corrected chi connectivity index (χ3v) is 4.42. The van der Waals surface area contributed by atoms with Gasteiger partial charge in [0.1, 0.15) is 11.5 Å². The summed E-state index contributed by atoms with van der Waals surface area (Å²) in [5.74, 6) is 0.545. The molecule has 0 aliphatic rings. The Morgan fingerprint density at radius 1 is 1.00 bits per heavy atom. The van der Waals surface area contributed by atoms with Crippen LogP contribution in [0.2, 0.25) is 0 Å². The van der Waals surface area contributed by atoms with Gasteiger partial charge in [0.25, 0.3) is 0 Å². The van der Waals surface area contributed by atoms with E-state index in [9.17, 15) is 9.36 Å². The van der Waals surface area contributed by atoms with Crippen LogP contribution < -0.4 is 9.47 Å². The normalized spacial score (nSPS) is 12.4. The van der Waals surface area contributed by atoms with Crippen LogP contribution in [0.1, 0.15) is 22.8 Å². The van der Waals surface area contributed by atoms with Crippen molar-refractivity contribution >= 4 is 13.6 Å². The molecule has 0 aliphatic carbocycles. The maximum Gasteiger partial charge on any atom is 0.596 e. The number of hydrogen-bond acceptors (Lipinski definition) is 6. The lowest BCUT2D eigenvalue weighted by Gasteiger charge is -2.09. The third kappa shape index (κ3) is 5.10. The van der Waals surface area contributed by atoms with Crippen LogP contribution in [0.15, 0.2) is 48.5 Å². The predicted molar refractivity (Wildman–Crippen MR) is 93.3 cm³/mol. The van der Waals surface area contributed by atoms with Crippen molar-refractivity contribution in [1.29, 1.82) is 0 Å². The number of methoxy groups -OCH3 is 2. The highest BCUT2D eigenvalue weighted by atomic mass is 31.1. The van der Waals surface area contributed by atoms with Crippen LogP contribution in [0.25, 0.3) is 0 Å².